The number of hydrogen-bond acceptors (Lipinski definition) is 3. The van der Waals surface area contributed by atoms with E-state index in [4.69, 9.17) is 10.8 Å². The fraction of sp³-hybridized carbons (Fsp3) is 0.333. The minimum atomic E-state index is -0.846. The van der Waals surface area contributed by atoms with Crippen molar-refractivity contribution in [3.8, 4) is 0 Å². The predicted octanol–water partition coefficient (Wildman–Crippen LogP) is 0.853. The summed E-state index contributed by atoms with van der Waals surface area (Å²) >= 11 is 0. The largest absolute Gasteiger partial charge is 0.481 e. The van der Waals surface area contributed by atoms with Crippen LogP contribution in [0.2, 0.25) is 0 Å². The van der Waals surface area contributed by atoms with Crippen LogP contribution in [0.3, 0.4) is 0 Å². The minimum Gasteiger partial charge on any atom is -0.481 e. The molecule has 0 radical (unpaired) electrons. The number of nitrogens with zero attached hydrogens (tertiary/aromatic N) is 1. The number of nitrogen functional groups attached to an aromatic ring is 1. The Labute approximate surface area is 76.4 Å². The Morgan fingerprint density at radius 2 is 2.31 bits per heavy atom. The number of carboxylic acids is 1. The zero-order valence-electron chi connectivity index (χ0n) is 7.45. The van der Waals surface area contributed by atoms with Crippen LogP contribution in [-0.2, 0) is 17.6 Å². The summed E-state index contributed by atoms with van der Waals surface area (Å²) in [5, 5.41) is 8.60. The van der Waals surface area contributed by atoms with Gasteiger partial charge in [-0.15, -0.1) is 0 Å². The first kappa shape index (κ1) is 9.51. The molecule has 4 heteroatoms. The van der Waals surface area contributed by atoms with E-state index in [9.17, 15) is 4.79 Å². The standard InChI is InChI=1S/C9H12N2O2/c1-2-6-3-8(10)11-5-7(6)4-9(12)13/h3,5H,2,4H2,1H3,(H2,10,11)(H,12,13). The number of carboxylic acid groups (broad SMARTS) is 1. The first-order valence-electron chi connectivity index (χ1n) is 4.08. The van der Waals surface area contributed by atoms with Gasteiger partial charge < -0.3 is 10.8 Å². The van der Waals surface area contributed by atoms with Crippen LogP contribution in [0.4, 0.5) is 5.82 Å². The quantitative estimate of drug-likeness (QED) is 0.723. The first-order chi connectivity index (χ1) is 6.13. The van der Waals surface area contributed by atoms with Gasteiger partial charge in [0.05, 0.1) is 6.42 Å². The molecule has 0 amide bonds. The summed E-state index contributed by atoms with van der Waals surface area (Å²) < 4.78 is 0. The zero-order valence-corrected chi connectivity index (χ0v) is 7.45. The van der Waals surface area contributed by atoms with Crippen LogP contribution < -0.4 is 5.73 Å². The van der Waals surface area contributed by atoms with Gasteiger partial charge in [0, 0.05) is 6.20 Å². The van der Waals surface area contributed by atoms with Crippen molar-refractivity contribution in [3.63, 3.8) is 0 Å². The Morgan fingerprint density at radius 1 is 1.62 bits per heavy atom. The molecule has 0 aliphatic heterocycles. The molecule has 0 aliphatic carbocycles. The highest BCUT2D eigenvalue weighted by Gasteiger charge is 2.06. The van der Waals surface area contributed by atoms with Crippen molar-refractivity contribution < 1.29 is 9.90 Å². The van der Waals surface area contributed by atoms with Gasteiger partial charge in [-0.1, -0.05) is 6.92 Å². The summed E-state index contributed by atoms with van der Waals surface area (Å²) in [4.78, 5) is 14.3. The molecular weight excluding hydrogens is 168 g/mol. The molecule has 0 aromatic carbocycles. The number of aromatic nitrogens is 1. The molecule has 1 rings (SSSR count). The highest BCUT2D eigenvalue weighted by molar-refractivity contribution is 5.70. The number of rotatable bonds is 3. The Morgan fingerprint density at radius 3 is 2.85 bits per heavy atom. The summed E-state index contributed by atoms with van der Waals surface area (Å²) in [5.41, 5.74) is 7.17. The van der Waals surface area contributed by atoms with Crippen molar-refractivity contribution in [1.82, 2.24) is 4.98 Å². The zero-order chi connectivity index (χ0) is 9.84. The molecule has 0 aliphatic rings. The number of nitrogens with two attached hydrogens (primary N) is 1. The average Bonchev–Trinajstić information content (AvgIpc) is 2.07. The van der Waals surface area contributed by atoms with Crippen LogP contribution in [-0.4, -0.2) is 16.1 Å². The average molecular weight is 180 g/mol. The molecule has 0 saturated heterocycles. The van der Waals surface area contributed by atoms with Crippen LogP contribution in [0.5, 0.6) is 0 Å². The summed E-state index contributed by atoms with van der Waals surface area (Å²) in [6, 6.07) is 1.72. The van der Waals surface area contributed by atoms with Crippen LogP contribution in [0, 0.1) is 0 Å². The number of anilines is 1. The lowest BCUT2D eigenvalue weighted by molar-refractivity contribution is -0.136. The van der Waals surface area contributed by atoms with Gasteiger partial charge in [-0.25, -0.2) is 4.98 Å². The summed E-state index contributed by atoms with van der Waals surface area (Å²) in [6.45, 7) is 1.96. The van der Waals surface area contributed by atoms with Crippen molar-refractivity contribution in [1.29, 1.82) is 0 Å². The van der Waals surface area contributed by atoms with Crippen LogP contribution >= 0.6 is 0 Å². The summed E-state index contributed by atoms with van der Waals surface area (Å²) in [6.07, 6.45) is 2.31. The normalized spacial score (nSPS) is 9.92. The van der Waals surface area contributed by atoms with E-state index < -0.39 is 5.97 Å². The van der Waals surface area contributed by atoms with Gasteiger partial charge in [-0.05, 0) is 23.6 Å². The van der Waals surface area contributed by atoms with E-state index in [2.05, 4.69) is 4.98 Å². The second-order valence-electron chi connectivity index (χ2n) is 2.80. The highest BCUT2D eigenvalue weighted by Crippen LogP contribution is 2.12. The number of carbonyl (C=O) groups is 1. The lowest BCUT2D eigenvalue weighted by Gasteiger charge is -2.04. The molecular formula is C9H12N2O2. The van der Waals surface area contributed by atoms with Crippen LogP contribution in [0.25, 0.3) is 0 Å². The lowest BCUT2D eigenvalue weighted by Crippen LogP contribution is -2.05. The van der Waals surface area contributed by atoms with Gasteiger partial charge in [-0.3, -0.25) is 4.79 Å². The SMILES string of the molecule is CCc1cc(N)ncc1CC(=O)O. The summed E-state index contributed by atoms with van der Waals surface area (Å²) in [7, 11) is 0. The lowest BCUT2D eigenvalue weighted by atomic mass is 10.1. The van der Waals surface area contributed by atoms with E-state index in [0.29, 0.717) is 5.82 Å². The molecule has 0 atom stereocenters. The maximum Gasteiger partial charge on any atom is 0.307 e. The number of hydrogen-bond donors (Lipinski definition) is 2. The van der Waals surface area contributed by atoms with Gasteiger partial charge in [0.25, 0.3) is 0 Å². The smallest absolute Gasteiger partial charge is 0.307 e. The van der Waals surface area contributed by atoms with E-state index in [1.165, 1.54) is 6.20 Å². The van der Waals surface area contributed by atoms with Crippen molar-refractivity contribution in [2.45, 2.75) is 19.8 Å². The van der Waals surface area contributed by atoms with Gasteiger partial charge in [0.2, 0.25) is 0 Å². The second-order valence-corrected chi connectivity index (χ2v) is 2.80. The van der Waals surface area contributed by atoms with Crippen LogP contribution in [0.1, 0.15) is 18.1 Å². The topological polar surface area (TPSA) is 76.2 Å². The molecule has 0 spiro atoms. The molecule has 1 aromatic heterocycles. The maximum atomic E-state index is 10.5. The Kier molecular flexibility index (Phi) is 2.84. The minimum absolute atomic E-state index is 0.0104. The molecule has 3 N–H and O–H groups in total. The van der Waals surface area contributed by atoms with E-state index in [0.717, 1.165) is 17.5 Å². The Balaban J connectivity index is 2.99. The molecule has 1 heterocycles. The van der Waals surface area contributed by atoms with Gasteiger partial charge >= 0.3 is 5.97 Å². The molecule has 1 aromatic rings. The second kappa shape index (κ2) is 3.89. The molecule has 13 heavy (non-hydrogen) atoms. The molecule has 0 bridgehead atoms. The van der Waals surface area contributed by atoms with Gasteiger partial charge in [0.15, 0.2) is 0 Å². The third-order valence-corrected chi connectivity index (χ3v) is 1.83. The van der Waals surface area contributed by atoms with Crippen molar-refractivity contribution in [3.05, 3.63) is 23.4 Å². The monoisotopic (exact) mass is 180 g/mol. The van der Waals surface area contributed by atoms with Crippen molar-refractivity contribution >= 4 is 11.8 Å². The van der Waals surface area contributed by atoms with Gasteiger partial charge in [-0.2, -0.15) is 0 Å². The van der Waals surface area contributed by atoms with E-state index in [-0.39, 0.29) is 6.42 Å². The van der Waals surface area contributed by atoms with E-state index >= 15 is 0 Å². The molecule has 0 saturated carbocycles. The fourth-order valence-electron chi connectivity index (χ4n) is 1.20. The number of aliphatic carboxylic acids is 1. The third kappa shape index (κ3) is 2.43. The van der Waals surface area contributed by atoms with Crippen molar-refractivity contribution in [2.24, 2.45) is 0 Å². The highest BCUT2D eigenvalue weighted by atomic mass is 16.4. The number of aryl methyl sites for hydroxylation is 1. The molecule has 0 unspecified atom stereocenters. The molecule has 70 valence electrons. The maximum absolute atomic E-state index is 10.5. The number of pyridine rings is 1. The third-order valence-electron chi connectivity index (χ3n) is 1.83. The molecule has 0 fully saturated rings. The van der Waals surface area contributed by atoms with E-state index in [1.807, 2.05) is 6.92 Å². The fourth-order valence-corrected chi connectivity index (χ4v) is 1.20. The molecule has 4 nitrogen and oxygen atoms in total. The van der Waals surface area contributed by atoms with Crippen LogP contribution in [0.15, 0.2) is 12.3 Å². The Bertz CT molecular complexity index is 323. The van der Waals surface area contributed by atoms with Gasteiger partial charge in [0.1, 0.15) is 5.82 Å². The van der Waals surface area contributed by atoms with Crippen molar-refractivity contribution in [2.75, 3.05) is 5.73 Å². The van der Waals surface area contributed by atoms with E-state index in [1.54, 1.807) is 6.07 Å². The Hall–Kier alpha value is -1.58. The summed E-state index contributed by atoms with van der Waals surface area (Å²) in [5.74, 6) is -0.410. The predicted molar refractivity (Wildman–Crippen MR) is 49.4 cm³/mol. The first-order valence-corrected chi connectivity index (χ1v) is 4.08.